The Bertz CT molecular complexity index is 2000. The minimum absolute atomic E-state index is 0.410. The summed E-state index contributed by atoms with van der Waals surface area (Å²) in [6.45, 7) is 4.41. The Morgan fingerprint density at radius 1 is 0.579 bits per heavy atom. The van der Waals surface area contributed by atoms with Crippen LogP contribution < -0.4 is 0 Å². The molecule has 0 amide bonds. The van der Waals surface area contributed by atoms with E-state index >= 15 is 0 Å². The van der Waals surface area contributed by atoms with Gasteiger partial charge in [0.05, 0.1) is 22.6 Å². The summed E-state index contributed by atoms with van der Waals surface area (Å²) in [5, 5.41) is 8.55. The molecule has 0 saturated carbocycles. The van der Waals surface area contributed by atoms with Crippen molar-refractivity contribution >= 4 is 27.2 Å². The van der Waals surface area contributed by atoms with Crippen molar-refractivity contribution < 1.29 is 0 Å². The molecule has 0 N–H and O–H groups in total. The largest absolute Gasteiger partial charge is 0.232 e. The van der Waals surface area contributed by atoms with Crippen molar-refractivity contribution in [2.45, 2.75) is 19.3 Å². The van der Waals surface area contributed by atoms with Gasteiger partial charge in [-0.1, -0.05) is 103 Å². The second-order valence-electron chi connectivity index (χ2n) is 10.6. The second kappa shape index (κ2) is 7.66. The van der Waals surface area contributed by atoms with E-state index in [2.05, 4.69) is 134 Å². The summed E-state index contributed by atoms with van der Waals surface area (Å²) in [5.41, 5.74) is 12.3. The molecule has 0 unspecified atom stereocenters. The first-order valence-electron chi connectivity index (χ1n) is 13.2. The van der Waals surface area contributed by atoms with Crippen molar-refractivity contribution in [3.8, 4) is 11.1 Å². The molecule has 1 aliphatic carbocycles. The molecule has 180 valence electrons. The van der Waals surface area contributed by atoms with E-state index < -0.39 is 5.41 Å². The van der Waals surface area contributed by atoms with Crippen LogP contribution in [0.1, 0.15) is 33.4 Å². The predicted octanol–water partition coefficient (Wildman–Crippen LogP) is 8.62. The highest BCUT2D eigenvalue weighted by Gasteiger charge is 2.45. The maximum Gasteiger partial charge on any atom is 0.0750 e. The Balaban J connectivity index is 1.57. The molecule has 0 atom stereocenters. The summed E-state index contributed by atoms with van der Waals surface area (Å²) in [4.78, 5) is 0. The number of fused-ring (bicyclic) bond motifs is 9. The van der Waals surface area contributed by atoms with E-state index in [1.54, 1.807) is 0 Å². The lowest BCUT2D eigenvalue weighted by molar-refractivity contribution is 0.769. The Kier molecular flexibility index (Phi) is 4.31. The van der Waals surface area contributed by atoms with E-state index in [0.29, 0.717) is 0 Å². The molecule has 8 rings (SSSR count). The van der Waals surface area contributed by atoms with Gasteiger partial charge in [-0.05, 0) is 76.4 Å². The third kappa shape index (κ3) is 2.64. The van der Waals surface area contributed by atoms with Crippen molar-refractivity contribution in [2.24, 2.45) is 0 Å². The Labute approximate surface area is 221 Å². The van der Waals surface area contributed by atoms with E-state index in [-0.39, 0.29) is 0 Å². The number of rotatable bonds is 2. The van der Waals surface area contributed by atoms with Crippen LogP contribution in [0.2, 0.25) is 0 Å². The maximum absolute atomic E-state index is 4.75. The molecule has 7 aromatic rings. The lowest BCUT2D eigenvalue weighted by Crippen LogP contribution is -2.28. The Morgan fingerprint density at radius 2 is 1.26 bits per heavy atom. The monoisotopic (exact) mass is 486 g/mol. The predicted molar refractivity (Wildman–Crippen MR) is 157 cm³/mol. The second-order valence-corrected chi connectivity index (χ2v) is 10.6. The van der Waals surface area contributed by atoms with Gasteiger partial charge in [0.2, 0.25) is 0 Å². The van der Waals surface area contributed by atoms with E-state index in [0.717, 1.165) is 11.0 Å². The quantitative estimate of drug-likeness (QED) is 0.224. The van der Waals surface area contributed by atoms with Gasteiger partial charge in [0.15, 0.2) is 0 Å². The highest BCUT2D eigenvalue weighted by atomic mass is 15.2. The van der Waals surface area contributed by atoms with Gasteiger partial charge < -0.3 is 0 Å². The number of aryl methyl sites for hydroxylation is 2. The molecule has 0 fully saturated rings. The number of hydrogen-bond acceptors (Lipinski definition) is 1. The third-order valence-electron chi connectivity index (χ3n) is 8.49. The van der Waals surface area contributed by atoms with Gasteiger partial charge in [-0.2, -0.15) is 5.10 Å². The number of aromatic nitrogens is 2. The summed E-state index contributed by atoms with van der Waals surface area (Å²) in [6, 6.07) is 42.6. The summed E-state index contributed by atoms with van der Waals surface area (Å²) in [7, 11) is 0. The van der Waals surface area contributed by atoms with E-state index in [1.165, 1.54) is 60.7 Å². The van der Waals surface area contributed by atoms with Crippen LogP contribution in [0.15, 0.2) is 121 Å². The number of benzene rings is 5. The molecule has 2 heteroatoms. The molecular weight excluding hydrogens is 460 g/mol. The van der Waals surface area contributed by atoms with Crippen molar-refractivity contribution in [3.63, 3.8) is 0 Å². The molecular formula is C36H26N2. The van der Waals surface area contributed by atoms with E-state index in [9.17, 15) is 0 Å². The van der Waals surface area contributed by atoms with Crippen LogP contribution in [0.3, 0.4) is 0 Å². The fraction of sp³-hybridized carbons (Fsp3) is 0.0833. The zero-order valence-corrected chi connectivity index (χ0v) is 21.4. The molecule has 0 spiro atoms. The molecule has 2 aromatic heterocycles. The van der Waals surface area contributed by atoms with Gasteiger partial charge in [-0.3, -0.25) is 0 Å². The molecule has 0 radical (unpaired) electrons. The van der Waals surface area contributed by atoms with E-state index in [1.807, 2.05) is 6.20 Å². The highest BCUT2D eigenvalue weighted by molar-refractivity contribution is 6.14. The molecule has 2 nitrogen and oxygen atoms in total. The summed E-state index contributed by atoms with van der Waals surface area (Å²) in [5.74, 6) is 0. The number of nitrogens with zero attached hydrogens (tertiary/aromatic N) is 2. The van der Waals surface area contributed by atoms with Crippen LogP contribution in [0.25, 0.3) is 38.3 Å². The first-order valence-corrected chi connectivity index (χ1v) is 13.2. The smallest absolute Gasteiger partial charge is 0.0750 e. The lowest BCUT2D eigenvalue weighted by atomic mass is 9.67. The van der Waals surface area contributed by atoms with E-state index in [4.69, 9.17) is 5.10 Å². The standard InChI is InChI=1S/C36H26N2/c1-23-20-24(2)35-30(21-23)29-22-26(16-17-33(29)38-34(35)18-19-37-38)36(25-10-4-3-5-11-25)31-14-8-6-12-27(31)28-13-7-9-15-32(28)36/h3-22H,1-2H3. The highest BCUT2D eigenvalue weighted by Crippen LogP contribution is 2.56. The minimum atomic E-state index is -0.410. The Morgan fingerprint density at radius 3 is 2.00 bits per heavy atom. The number of pyridine rings is 1. The SMILES string of the molecule is Cc1cc(C)c2c(c1)c1cc(C3(c4ccccc4)c4ccccc4-c4ccccc43)ccc1n1nccc21. The molecule has 0 saturated heterocycles. The average Bonchev–Trinajstić information content (AvgIpc) is 3.55. The fourth-order valence-corrected chi connectivity index (χ4v) is 7.09. The molecule has 0 bridgehead atoms. The molecule has 0 aliphatic heterocycles. The zero-order valence-electron chi connectivity index (χ0n) is 21.4. The first-order chi connectivity index (χ1) is 18.7. The molecule has 2 heterocycles. The Hall–Kier alpha value is -4.69. The normalized spacial score (nSPS) is 13.7. The number of hydrogen-bond donors (Lipinski definition) is 0. The van der Waals surface area contributed by atoms with Gasteiger partial charge in [-0.15, -0.1) is 0 Å². The minimum Gasteiger partial charge on any atom is -0.232 e. The van der Waals surface area contributed by atoms with Crippen molar-refractivity contribution in [2.75, 3.05) is 0 Å². The van der Waals surface area contributed by atoms with Gasteiger partial charge in [-0.25, -0.2) is 4.52 Å². The fourth-order valence-electron chi connectivity index (χ4n) is 7.09. The van der Waals surface area contributed by atoms with Gasteiger partial charge in [0.25, 0.3) is 0 Å². The van der Waals surface area contributed by atoms with Crippen LogP contribution in [0.5, 0.6) is 0 Å². The summed E-state index contributed by atoms with van der Waals surface area (Å²) < 4.78 is 2.11. The van der Waals surface area contributed by atoms with Crippen LogP contribution in [-0.2, 0) is 5.41 Å². The zero-order chi connectivity index (χ0) is 25.4. The first kappa shape index (κ1) is 21.4. The molecule has 38 heavy (non-hydrogen) atoms. The van der Waals surface area contributed by atoms with Crippen LogP contribution >= 0.6 is 0 Å². The lowest BCUT2D eigenvalue weighted by Gasteiger charge is -2.34. The summed E-state index contributed by atoms with van der Waals surface area (Å²) in [6.07, 6.45) is 1.91. The van der Waals surface area contributed by atoms with Crippen molar-refractivity contribution in [3.05, 3.63) is 155 Å². The van der Waals surface area contributed by atoms with Gasteiger partial charge >= 0.3 is 0 Å². The van der Waals surface area contributed by atoms with Crippen molar-refractivity contribution in [1.29, 1.82) is 0 Å². The van der Waals surface area contributed by atoms with Gasteiger partial charge in [0, 0.05) is 10.8 Å². The van der Waals surface area contributed by atoms with Gasteiger partial charge in [0.1, 0.15) is 0 Å². The summed E-state index contributed by atoms with van der Waals surface area (Å²) >= 11 is 0. The average molecular weight is 487 g/mol. The van der Waals surface area contributed by atoms with Crippen LogP contribution in [0.4, 0.5) is 0 Å². The topological polar surface area (TPSA) is 17.3 Å². The molecule has 1 aliphatic rings. The van der Waals surface area contributed by atoms with Crippen LogP contribution in [-0.4, -0.2) is 9.61 Å². The molecule has 5 aromatic carbocycles. The van der Waals surface area contributed by atoms with Crippen molar-refractivity contribution in [1.82, 2.24) is 9.61 Å². The van der Waals surface area contributed by atoms with Crippen LogP contribution in [0, 0.1) is 13.8 Å². The maximum atomic E-state index is 4.75. The third-order valence-corrected chi connectivity index (χ3v) is 8.49.